The fraction of sp³-hybridized carbons (Fsp3) is 0.444. The van der Waals surface area contributed by atoms with E-state index < -0.39 is 4.92 Å². The van der Waals surface area contributed by atoms with Crippen LogP contribution in [0.15, 0.2) is 24.5 Å². The van der Waals surface area contributed by atoms with Gasteiger partial charge in [-0.1, -0.05) is 13.0 Å². The molecule has 2 rings (SSSR count). The van der Waals surface area contributed by atoms with E-state index in [1.54, 1.807) is 14.2 Å². The maximum atomic E-state index is 11.5. The highest BCUT2D eigenvalue weighted by molar-refractivity contribution is 5.69. The van der Waals surface area contributed by atoms with E-state index in [9.17, 15) is 10.1 Å². The van der Waals surface area contributed by atoms with Crippen LogP contribution in [0.25, 0.3) is 0 Å². The van der Waals surface area contributed by atoms with Gasteiger partial charge < -0.3 is 20.1 Å². The molecule has 0 radical (unpaired) electrons. The van der Waals surface area contributed by atoms with Crippen LogP contribution in [0.1, 0.15) is 25.8 Å². The molecule has 0 amide bonds. The Morgan fingerprint density at radius 2 is 1.89 bits per heavy atom. The Bertz CT molecular complexity index is 784. The number of aromatic nitrogens is 2. The van der Waals surface area contributed by atoms with Gasteiger partial charge in [0.2, 0.25) is 11.6 Å². The minimum absolute atomic E-state index is 0.0678. The molecule has 0 saturated carbocycles. The summed E-state index contributed by atoms with van der Waals surface area (Å²) in [6.45, 7) is 4.40. The first-order valence-corrected chi connectivity index (χ1v) is 8.70. The van der Waals surface area contributed by atoms with Gasteiger partial charge in [0, 0.05) is 12.6 Å². The number of hydrogen-bond donors (Lipinski definition) is 2. The molecule has 1 atom stereocenters. The Kier molecular flexibility index (Phi) is 7.16. The van der Waals surface area contributed by atoms with Gasteiger partial charge in [-0.3, -0.25) is 10.1 Å². The van der Waals surface area contributed by atoms with Crippen LogP contribution in [0, 0.1) is 10.1 Å². The number of nitrogens with zero attached hydrogens (tertiary/aromatic N) is 3. The standard InChI is InChI=1S/C18H25N5O4/c1-5-12(2)22-18-16(23(24)25)17(20-11-21-18)19-9-8-13-6-7-14(26-3)15(10-13)27-4/h6-7,10-12H,5,8-9H2,1-4H3,(H2,19,20,21,22). The summed E-state index contributed by atoms with van der Waals surface area (Å²) >= 11 is 0. The summed E-state index contributed by atoms with van der Waals surface area (Å²) in [5.74, 6) is 1.71. The van der Waals surface area contributed by atoms with Gasteiger partial charge in [0.25, 0.3) is 0 Å². The van der Waals surface area contributed by atoms with Crippen LogP contribution in [0.5, 0.6) is 11.5 Å². The van der Waals surface area contributed by atoms with Crippen LogP contribution >= 0.6 is 0 Å². The highest BCUT2D eigenvalue weighted by Crippen LogP contribution is 2.30. The Balaban J connectivity index is 2.11. The summed E-state index contributed by atoms with van der Waals surface area (Å²) in [5.41, 5.74) is 0.861. The molecule has 146 valence electrons. The number of rotatable bonds is 10. The Morgan fingerprint density at radius 1 is 1.19 bits per heavy atom. The van der Waals surface area contributed by atoms with E-state index in [2.05, 4.69) is 20.6 Å². The SMILES string of the molecule is CCC(C)Nc1ncnc(NCCc2ccc(OC)c(OC)c2)c1[N+](=O)[O-]. The average Bonchev–Trinajstić information content (AvgIpc) is 2.67. The van der Waals surface area contributed by atoms with Crippen LogP contribution in [-0.4, -0.2) is 41.7 Å². The van der Waals surface area contributed by atoms with E-state index in [0.717, 1.165) is 12.0 Å². The summed E-state index contributed by atoms with van der Waals surface area (Å²) in [6.07, 6.45) is 2.77. The summed E-state index contributed by atoms with van der Waals surface area (Å²) in [4.78, 5) is 19.1. The molecule has 0 saturated heterocycles. The maximum Gasteiger partial charge on any atom is 0.353 e. The highest BCUT2D eigenvalue weighted by atomic mass is 16.6. The van der Waals surface area contributed by atoms with Crippen molar-refractivity contribution in [3.05, 3.63) is 40.2 Å². The smallest absolute Gasteiger partial charge is 0.353 e. The maximum absolute atomic E-state index is 11.5. The number of nitrogens with one attached hydrogen (secondary N) is 2. The molecule has 1 aromatic carbocycles. The van der Waals surface area contributed by atoms with Gasteiger partial charge in [-0.2, -0.15) is 0 Å². The van der Waals surface area contributed by atoms with E-state index in [4.69, 9.17) is 9.47 Å². The zero-order valence-corrected chi connectivity index (χ0v) is 16.0. The monoisotopic (exact) mass is 375 g/mol. The van der Waals surface area contributed by atoms with Crippen molar-refractivity contribution in [1.82, 2.24) is 9.97 Å². The largest absolute Gasteiger partial charge is 0.493 e. The van der Waals surface area contributed by atoms with E-state index >= 15 is 0 Å². The molecular weight excluding hydrogens is 350 g/mol. The molecular formula is C18H25N5O4. The lowest BCUT2D eigenvalue weighted by Crippen LogP contribution is -2.17. The molecule has 0 fully saturated rings. The quantitative estimate of drug-likeness (QED) is 0.481. The lowest BCUT2D eigenvalue weighted by Gasteiger charge is -2.14. The fourth-order valence-electron chi connectivity index (χ4n) is 2.48. The van der Waals surface area contributed by atoms with Crippen molar-refractivity contribution < 1.29 is 14.4 Å². The third-order valence-electron chi connectivity index (χ3n) is 4.15. The number of benzene rings is 1. The van der Waals surface area contributed by atoms with Crippen molar-refractivity contribution in [3.63, 3.8) is 0 Å². The number of anilines is 2. The van der Waals surface area contributed by atoms with Crippen LogP contribution in [-0.2, 0) is 6.42 Å². The van der Waals surface area contributed by atoms with Crippen LogP contribution in [0.2, 0.25) is 0 Å². The zero-order valence-electron chi connectivity index (χ0n) is 16.0. The summed E-state index contributed by atoms with van der Waals surface area (Å²) in [7, 11) is 3.16. The molecule has 0 bridgehead atoms. The lowest BCUT2D eigenvalue weighted by molar-refractivity contribution is -0.383. The molecule has 9 heteroatoms. The molecule has 2 N–H and O–H groups in total. The third kappa shape index (κ3) is 5.19. The predicted octanol–water partition coefficient (Wildman–Crippen LogP) is 3.27. The second kappa shape index (κ2) is 9.56. The van der Waals surface area contributed by atoms with Gasteiger partial charge in [-0.25, -0.2) is 9.97 Å². The molecule has 27 heavy (non-hydrogen) atoms. The van der Waals surface area contributed by atoms with Crippen molar-refractivity contribution in [2.75, 3.05) is 31.4 Å². The predicted molar refractivity (Wildman–Crippen MR) is 104 cm³/mol. The number of hydrogen-bond acceptors (Lipinski definition) is 8. The van der Waals surface area contributed by atoms with Gasteiger partial charge in [-0.05, 0) is 37.5 Å². The Labute approximate surface area is 158 Å². The molecule has 2 aromatic rings. The van der Waals surface area contributed by atoms with Gasteiger partial charge >= 0.3 is 5.69 Å². The topological polar surface area (TPSA) is 111 Å². The van der Waals surface area contributed by atoms with Gasteiger partial charge in [0.15, 0.2) is 11.5 Å². The lowest BCUT2D eigenvalue weighted by atomic mass is 10.1. The van der Waals surface area contributed by atoms with E-state index in [-0.39, 0.29) is 23.4 Å². The van der Waals surface area contributed by atoms with Crippen LogP contribution < -0.4 is 20.1 Å². The first-order chi connectivity index (χ1) is 13.0. The number of ether oxygens (including phenoxy) is 2. The minimum atomic E-state index is -0.469. The second-order valence-corrected chi connectivity index (χ2v) is 6.00. The Hall–Kier alpha value is -3.10. The van der Waals surface area contributed by atoms with Gasteiger partial charge in [0.05, 0.1) is 19.1 Å². The average molecular weight is 375 g/mol. The minimum Gasteiger partial charge on any atom is -0.493 e. The second-order valence-electron chi connectivity index (χ2n) is 6.00. The van der Waals surface area contributed by atoms with Crippen LogP contribution in [0.4, 0.5) is 17.3 Å². The van der Waals surface area contributed by atoms with Crippen LogP contribution in [0.3, 0.4) is 0 Å². The molecule has 1 heterocycles. The molecule has 9 nitrogen and oxygen atoms in total. The molecule has 0 aliphatic heterocycles. The van der Waals surface area contributed by atoms with Gasteiger partial charge in [-0.15, -0.1) is 0 Å². The Morgan fingerprint density at radius 3 is 2.52 bits per heavy atom. The number of methoxy groups -OCH3 is 2. The molecule has 1 unspecified atom stereocenters. The van der Waals surface area contributed by atoms with E-state index in [0.29, 0.717) is 24.5 Å². The van der Waals surface area contributed by atoms with Crippen molar-refractivity contribution in [3.8, 4) is 11.5 Å². The summed E-state index contributed by atoms with van der Waals surface area (Å²) in [6, 6.07) is 5.70. The summed E-state index contributed by atoms with van der Waals surface area (Å²) in [5, 5.41) is 17.6. The van der Waals surface area contributed by atoms with Crippen molar-refractivity contribution in [1.29, 1.82) is 0 Å². The molecule has 0 aliphatic carbocycles. The first kappa shape index (κ1) is 20.2. The number of nitro groups is 1. The zero-order chi connectivity index (χ0) is 19.8. The normalized spacial score (nSPS) is 11.6. The van der Waals surface area contributed by atoms with Gasteiger partial charge in [0.1, 0.15) is 6.33 Å². The van der Waals surface area contributed by atoms with E-state index in [1.165, 1.54) is 6.33 Å². The summed E-state index contributed by atoms with van der Waals surface area (Å²) < 4.78 is 10.5. The third-order valence-corrected chi connectivity index (χ3v) is 4.15. The first-order valence-electron chi connectivity index (χ1n) is 8.70. The highest BCUT2D eigenvalue weighted by Gasteiger charge is 2.23. The van der Waals surface area contributed by atoms with Crippen molar-refractivity contribution in [2.45, 2.75) is 32.7 Å². The molecule has 1 aromatic heterocycles. The van der Waals surface area contributed by atoms with Crippen molar-refractivity contribution >= 4 is 17.3 Å². The van der Waals surface area contributed by atoms with Crippen molar-refractivity contribution in [2.24, 2.45) is 0 Å². The van der Waals surface area contributed by atoms with E-state index in [1.807, 2.05) is 32.0 Å². The fourth-order valence-corrected chi connectivity index (χ4v) is 2.48. The molecule has 0 spiro atoms. The molecule has 0 aliphatic rings.